The van der Waals surface area contributed by atoms with Crippen molar-refractivity contribution < 1.29 is 14.3 Å². The molecule has 1 aliphatic heterocycles. The molecule has 0 spiro atoms. The molecule has 1 fully saturated rings. The van der Waals surface area contributed by atoms with E-state index in [1.165, 1.54) is 11.3 Å². The van der Waals surface area contributed by atoms with Crippen LogP contribution in [0.25, 0.3) is 0 Å². The standard InChI is InChI=1S/C19H24N4O3S/c1-26-16-5-3-2-4-13(16)10-18(24)23-8-6-14(7-9-23)21-19(25)15-12-27-17(11-20)22-15/h2-5,12,14H,6-11,20H2,1H3,(H,21,25). The summed E-state index contributed by atoms with van der Waals surface area (Å²) < 4.78 is 5.32. The second kappa shape index (κ2) is 8.96. The SMILES string of the molecule is COc1ccccc1CC(=O)N1CCC(NC(=O)c2csc(CN)n2)CC1. The summed E-state index contributed by atoms with van der Waals surface area (Å²) in [5.41, 5.74) is 6.84. The first-order valence-corrected chi connectivity index (χ1v) is 9.83. The molecule has 2 heterocycles. The molecule has 7 nitrogen and oxygen atoms in total. The molecule has 27 heavy (non-hydrogen) atoms. The average Bonchev–Trinajstić information content (AvgIpc) is 3.18. The van der Waals surface area contributed by atoms with Crippen molar-refractivity contribution in [2.24, 2.45) is 5.73 Å². The molecule has 0 saturated carbocycles. The molecule has 1 aromatic heterocycles. The van der Waals surface area contributed by atoms with Crippen LogP contribution >= 0.6 is 11.3 Å². The zero-order chi connectivity index (χ0) is 19.2. The van der Waals surface area contributed by atoms with E-state index in [9.17, 15) is 9.59 Å². The summed E-state index contributed by atoms with van der Waals surface area (Å²) in [5, 5.41) is 5.48. The molecular weight excluding hydrogens is 364 g/mol. The van der Waals surface area contributed by atoms with Gasteiger partial charge in [-0.25, -0.2) is 4.98 Å². The van der Waals surface area contributed by atoms with Crippen molar-refractivity contribution in [3.63, 3.8) is 0 Å². The van der Waals surface area contributed by atoms with Gasteiger partial charge in [0.25, 0.3) is 5.91 Å². The Morgan fingerprint density at radius 3 is 2.74 bits per heavy atom. The van der Waals surface area contributed by atoms with Gasteiger partial charge in [0, 0.05) is 36.6 Å². The monoisotopic (exact) mass is 388 g/mol. The van der Waals surface area contributed by atoms with Crippen molar-refractivity contribution in [2.75, 3.05) is 20.2 Å². The summed E-state index contributed by atoms with van der Waals surface area (Å²) in [7, 11) is 1.61. The molecule has 1 aromatic carbocycles. The lowest BCUT2D eigenvalue weighted by Crippen LogP contribution is -2.47. The summed E-state index contributed by atoms with van der Waals surface area (Å²) in [6, 6.07) is 7.61. The maximum absolute atomic E-state index is 12.6. The molecule has 0 bridgehead atoms. The number of benzene rings is 1. The Balaban J connectivity index is 1.49. The highest BCUT2D eigenvalue weighted by atomic mass is 32.1. The molecule has 1 saturated heterocycles. The van der Waals surface area contributed by atoms with Crippen LogP contribution < -0.4 is 15.8 Å². The Hall–Kier alpha value is -2.45. The molecule has 144 valence electrons. The quantitative estimate of drug-likeness (QED) is 0.783. The fraction of sp³-hybridized carbons (Fsp3) is 0.421. The van der Waals surface area contributed by atoms with Gasteiger partial charge in [-0.2, -0.15) is 0 Å². The molecule has 0 aliphatic carbocycles. The lowest BCUT2D eigenvalue weighted by Gasteiger charge is -2.32. The molecule has 1 aliphatic rings. The van der Waals surface area contributed by atoms with Crippen molar-refractivity contribution in [2.45, 2.75) is 31.8 Å². The fourth-order valence-corrected chi connectivity index (χ4v) is 3.82. The van der Waals surface area contributed by atoms with E-state index in [1.807, 2.05) is 29.2 Å². The van der Waals surface area contributed by atoms with Crippen molar-refractivity contribution in [3.8, 4) is 5.75 Å². The number of thiazole rings is 1. The van der Waals surface area contributed by atoms with Gasteiger partial charge in [0.05, 0.1) is 13.5 Å². The van der Waals surface area contributed by atoms with Gasteiger partial charge in [-0.05, 0) is 18.9 Å². The van der Waals surface area contributed by atoms with Gasteiger partial charge >= 0.3 is 0 Å². The summed E-state index contributed by atoms with van der Waals surface area (Å²) in [6.07, 6.45) is 1.79. The number of ether oxygens (including phenoxy) is 1. The van der Waals surface area contributed by atoms with Gasteiger partial charge in [-0.3, -0.25) is 9.59 Å². The van der Waals surface area contributed by atoms with Gasteiger partial charge in [0.2, 0.25) is 5.91 Å². The zero-order valence-corrected chi connectivity index (χ0v) is 16.1. The number of hydrogen-bond donors (Lipinski definition) is 2. The third-order valence-corrected chi connectivity index (χ3v) is 5.55. The lowest BCUT2D eigenvalue weighted by atomic mass is 10.0. The van der Waals surface area contributed by atoms with E-state index in [0.717, 1.165) is 29.2 Å². The highest BCUT2D eigenvalue weighted by Crippen LogP contribution is 2.20. The molecule has 0 radical (unpaired) electrons. The molecule has 2 amide bonds. The van der Waals surface area contributed by atoms with E-state index in [0.29, 0.717) is 31.7 Å². The zero-order valence-electron chi connectivity index (χ0n) is 15.3. The first-order chi connectivity index (χ1) is 13.1. The van der Waals surface area contributed by atoms with Crippen molar-refractivity contribution in [3.05, 3.63) is 45.9 Å². The van der Waals surface area contributed by atoms with Crippen LogP contribution in [0.4, 0.5) is 0 Å². The summed E-state index contributed by atoms with van der Waals surface area (Å²) in [6.45, 7) is 1.60. The molecule has 0 atom stereocenters. The van der Waals surface area contributed by atoms with Crippen LogP contribution in [0.1, 0.15) is 33.9 Å². The predicted octanol–water partition coefficient (Wildman–Crippen LogP) is 1.57. The van der Waals surface area contributed by atoms with Gasteiger partial charge in [0.1, 0.15) is 16.5 Å². The second-order valence-corrected chi connectivity index (χ2v) is 7.39. The Kier molecular flexibility index (Phi) is 6.41. The van der Waals surface area contributed by atoms with Crippen LogP contribution in [0, 0.1) is 0 Å². The van der Waals surface area contributed by atoms with Crippen molar-refractivity contribution >= 4 is 23.2 Å². The van der Waals surface area contributed by atoms with E-state index < -0.39 is 0 Å². The van der Waals surface area contributed by atoms with Crippen LogP contribution in [-0.4, -0.2) is 47.9 Å². The number of carbonyl (C=O) groups is 2. The van der Waals surface area contributed by atoms with Gasteiger partial charge in [-0.15, -0.1) is 11.3 Å². The molecule has 3 rings (SSSR count). The maximum atomic E-state index is 12.6. The predicted molar refractivity (Wildman–Crippen MR) is 104 cm³/mol. The third kappa shape index (κ3) is 4.84. The number of carbonyl (C=O) groups excluding carboxylic acids is 2. The van der Waals surface area contributed by atoms with E-state index in [1.54, 1.807) is 12.5 Å². The number of rotatable bonds is 6. The third-order valence-electron chi connectivity index (χ3n) is 4.68. The van der Waals surface area contributed by atoms with E-state index in [4.69, 9.17) is 10.5 Å². The number of nitrogens with two attached hydrogens (primary N) is 1. The molecule has 8 heteroatoms. The van der Waals surface area contributed by atoms with Crippen LogP contribution in [0.5, 0.6) is 5.75 Å². The van der Waals surface area contributed by atoms with Crippen LogP contribution in [0.2, 0.25) is 0 Å². The molecule has 2 aromatic rings. The minimum absolute atomic E-state index is 0.0517. The normalized spacial score (nSPS) is 14.8. The average molecular weight is 388 g/mol. The second-order valence-electron chi connectivity index (χ2n) is 6.45. The van der Waals surface area contributed by atoms with Crippen molar-refractivity contribution in [1.82, 2.24) is 15.2 Å². The lowest BCUT2D eigenvalue weighted by molar-refractivity contribution is -0.131. The number of piperidine rings is 1. The number of para-hydroxylation sites is 1. The van der Waals surface area contributed by atoms with E-state index in [-0.39, 0.29) is 17.9 Å². The smallest absolute Gasteiger partial charge is 0.270 e. The fourth-order valence-electron chi connectivity index (χ4n) is 3.17. The van der Waals surface area contributed by atoms with Gasteiger partial charge < -0.3 is 20.7 Å². The number of amides is 2. The number of likely N-dealkylation sites (tertiary alicyclic amines) is 1. The van der Waals surface area contributed by atoms with Gasteiger partial charge in [-0.1, -0.05) is 18.2 Å². The topological polar surface area (TPSA) is 97.5 Å². The highest BCUT2D eigenvalue weighted by molar-refractivity contribution is 7.09. The Labute approximate surface area is 162 Å². The van der Waals surface area contributed by atoms with Crippen LogP contribution in [0.3, 0.4) is 0 Å². The molecular formula is C19H24N4O3S. The number of hydrogen-bond acceptors (Lipinski definition) is 6. The number of nitrogens with zero attached hydrogens (tertiary/aromatic N) is 2. The summed E-state index contributed by atoms with van der Waals surface area (Å²) in [5.74, 6) is 0.634. The summed E-state index contributed by atoms with van der Waals surface area (Å²) >= 11 is 1.39. The Morgan fingerprint density at radius 1 is 1.33 bits per heavy atom. The maximum Gasteiger partial charge on any atom is 0.270 e. The minimum atomic E-state index is -0.176. The van der Waals surface area contributed by atoms with Crippen molar-refractivity contribution in [1.29, 1.82) is 0 Å². The van der Waals surface area contributed by atoms with E-state index >= 15 is 0 Å². The summed E-state index contributed by atoms with van der Waals surface area (Å²) in [4.78, 5) is 30.9. The Morgan fingerprint density at radius 2 is 2.07 bits per heavy atom. The Bertz CT molecular complexity index is 800. The van der Waals surface area contributed by atoms with Crippen LogP contribution in [-0.2, 0) is 17.8 Å². The molecule has 0 unspecified atom stereocenters. The number of nitrogens with one attached hydrogen (secondary N) is 1. The first kappa shape index (κ1) is 19.3. The minimum Gasteiger partial charge on any atom is -0.496 e. The van der Waals surface area contributed by atoms with Gasteiger partial charge in [0.15, 0.2) is 0 Å². The number of aromatic nitrogens is 1. The molecule has 3 N–H and O–H groups in total. The highest BCUT2D eigenvalue weighted by Gasteiger charge is 2.25. The first-order valence-electron chi connectivity index (χ1n) is 8.95. The van der Waals surface area contributed by atoms with E-state index in [2.05, 4.69) is 10.3 Å². The number of methoxy groups -OCH3 is 1. The largest absolute Gasteiger partial charge is 0.496 e. The van der Waals surface area contributed by atoms with Crippen LogP contribution in [0.15, 0.2) is 29.6 Å².